The zero-order valence-corrected chi connectivity index (χ0v) is 35.2. The molecule has 0 bridgehead atoms. The Balaban J connectivity index is 1.19. The molecule has 5 aromatic carbocycles. The summed E-state index contributed by atoms with van der Waals surface area (Å²) in [4.78, 5) is 10.2. The third-order valence-electron chi connectivity index (χ3n) is 9.51. The molecule has 318 valence electrons. The number of nitrogens with zero attached hydrogens (tertiary/aromatic N) is 6. The van der Waals surface area contributed by atoms with Crippen molar-refractivity contribution < 1.29 is 37.9 Å². The number of methoxy groups -OCH3 is 4. The molecule has 0 fully saturated rings. The van der Waals surface area contributed by atoms with E-state index in [4.69, 9.17) is 58.1 Å². The van der Waals surface area contributed by atoms with Gasteiger partial charge in [0.25, 0.3) is 0 Å². The summed E-state index contributed by atoms with van der Waals surface area (Å²) < 4.78 is 43.7. The Labute approximate surface area is 360 Å². The molecule has 0 amide bonds. The van der Waals surface area contributed by atoms with E-state index in [-0.39, 0.29) is 0 Å². The predicted molar refractivity (Wildman–Crippen MR) is 235 cm³/mol. The lowest BCUT2D eigenvalue weighted by Gasteiger charge is -2.13. The molecule has 0 aliphatic carbocycles. The second-order valence-electron chi connectivity index (χ2n) is 13.7. The lowest BCUT2D eigenvalue weighted by atomic mass is 10.0. The van der Waals surface area contributed by atoms with E-state index in [1.807, 2.05) is 121 Å². The standard InChI is InChI=1S/C48H48N6O8/c1-55-25-29-59-39-17-9-33(10-18-39)43-45(35-13-21-41(22-14-35)61-31-27-57-3)51-53-47(49-43)37-5-7-38(8-6-37)48-50-44(34-11-19-40(20-12-34)60-30-26-56-2)46(52-54-48)36-15-23-42(24-16-36)62-32-28-58-4/h5-24H,25-32H2,1-4H3. The topological polar surface area (TPSA) is 151 Å². The second kappa shape index (κ2) is 22.1. The van der Waals surface area contributed by atoms with Crippen molar-refractivity contribution in [2.45, 2.75) is 0 Å². The third-order valence-corrected chi connectivity index (χ3v) is 9.51. The van der Waals surface area contributed by atoms with Crippen LogP contribution in [0.2, 0.25) is 0 Å². The van der Waals surface area contributed by atoms with Crippen LogP contribution in [-0.2, 0) is 18.9 Å². The van der Waals surface area contributed by atoms with Gasteiger partial charge in [0.15, 0.2) is 11.6 Å². The molecule has 7 aromatic rings. The second-order valence-corrected chi connectivity index (χ2v) is 13.7. The average Bonchev–Trinajstić information content (AvgIpc) is 3.32. The van der Waals surface area contributed by atoms with Crippen LogP contribution in [0.5, 0.6) is 23.0 Å². The maximum atomic E-state index is 5.82. The van der Waals surface area contributed by atoms with Crippen molar-refractivity contribution in [1.82, 2.24) is 30.4 Å². The summed E-state index contributed by atoms with van der Waals surface area (Å²) in [7, 11) is 6.57. The maximum Gasteiger partial charge on any atom is 0.182 e. The molecule has 2 aromatic heterocycles. The molecule has 0 radical (unpaired) electrons. The van der Waals surface area contributed by atoms with E-state index < -0.39 is 0 Å². The van der Waals surface area contributed by atoms with Gasteiger partial charge in [-0.05, 0) is 97.1 Å². The number of rotatable bonds is 22. The Morgan fingerprint density at radius 1 is 0.274 bits per heavy atom. The molecular weight excluding hydrogens is 789 g/mol. The Morgan fingerprint density at radius 2 is 0.516 bits per heavy atom. The van der Waals surface area contributed by atoms with Gasteiger partial charge in [-0.2, -0.15) is 0 Å². The number of benzene rings is 5. The van der Waals surface area contributed by atoms with Crippen LogP contribution in [0.1, 0.15) is 0 Å². The van der Waals surface area contributed by atoms with Gasteiger partial charge in [0.2, 0.25) is 0 Å². The van der Waals surface area contributed by atoms with Gasteiger partial charge < -0.3 is 37.9 Å². The van der Waals surface area contributed by atoms with Gasteiger partial charge in [0, 0.05) is 61.8 Å². The first kappa shape index (κ1) is 43.3. The van der Waals surface area contributed by atoms with E-state index >= 15 is 0 Å². The van der Waals surface area contributed by atoms with Crippen LogP contribution in [0.4, 0.5) is 0 Å². The molecule has 14 nitrogen and oxygen atoms in total. The van der Waals surface area contributed by atoms with Crippen LogP contribution < -0.4 is 18.9 Å². The molecule has 0 unspecified atom stereocenters. The molecule has 0 saturated carbocycles. The normalized spacial score (nSPS) is 11.0. The first-order valence-corrected chi connectivity index (χ1v) is 20.1. The third kappa shape index (κ3) is 11.3. The highest BCUT2D eigenvalue weighted by Gasteiger charge is 2.18. The first-order chi connectivity index (χ1) is 30.6. The van der Waals surface area contributed by atoms with Gasteiger partial charge in [-0.1, -0.05) is 24.3 Å². The quantitative estimate of drug-likeness (QED) is 0.0604. The maximum absolute atomic E-state index is 5.82. The number of aromatic nitrogens is 6. The van der Waals surface area contributed by atoms with Crippen LogP contribution in [0.25, 0.3) is 67.8 Å². The fraction of sp³-hybridized carbons (Fsp3) is 0.250. The smallest absolute Gasteiger partial charge is 0.182 e. The number of hydrogen-bond acceptors (Lipinski definition) is 14. The van der Waals surface area contributed by atoms with Crippen molar-refractivity contribution in [2.75, 3.05) is 81.3 Å². The van der Waals surface area contributed by atoms with Crippen molar-refractivity contribution in [3.63, 3.8) is 0 Å². The Hall–Kier alpha value is -6.84. The lowest BCUT2D eigenvalue weighted by molar-refractivity contribution is 0.146. The average molecular weight is 837 g/mol. The van der Waals surface area contributed by atoms with Crippen molar-refractivity contribution in [2.24, 2.45) is 0 Å². The van der Waals surface area contributed by atoms with Crippen molar-refractivity contribution >= 4 is 0 Å². The summed E-state index contributed by atoms with van der Waals surface area (Å²) in [6.07, 6.45) is 0. The van der Waals surface area contributed by atoms with E-state index in [2.05, 4.69) is 10.2 Å². The molecule has 14 heteroatoms. The minimum absolute atomic E-state index is 0.444. The van der Waals surface area contributed by atoms with Crippen molar-refractivity contribution in [3.8, 4) is 90.8 Å². The summed E-state index contributed by atoms with van der Waals surface area (Å²) in [5.41, 5.74) is 7.46. The minimum atomic E-state index is 0.444. The number of ether oxygens (including phenoxy) is 8. The fourth-order valence-electron chi connectivity index (χ4n) is 6.26. The predicted octanol–water partition coefficient (Wildman–Crippen LogP) is 8.16. The van der Waals surface area contributed by atoms with E-state index in [0.29, 0.717) is 87.3 Å². The minimum Gasteiger partial charge on any atom is -0.491 e. The van der Waals surface area contributed by atoms with Crippen molar-refractivity contribution in [1.29, 1.82) is 0 Å². The van der Waals surface area contributed by atoms with Gasteiger partial charge in [-0.3, -0.25) is 0 Å². The lowest BCUT2D eigenvalue weighted by Crippen LogP contribution is -2.04. The van der Waals surface area contributed by atoms with E-state index in [1.54, 1.807) is 28.4 Å². The molecular formula is C48H48N6O8. The molecule has 0 atom stereocenters. The van der Waals surface area contributed by atoms with Gasteiger partial charge in [-0.15, -0.1) is 20.4 Å². The highest BCUT2D eigenvalue weighted by atomic mass is 16.5. The molecule has 62 heavy (non-hydrogen) atoms. The first-order valence-electron chi connectivity index (χ1n) is 20.1. The largest absolute Gasteiger partial charge is 0.491 e. The molecule has 0 spiro atoms. The van der Waals surface area contributed by atoms with Crippen LogP contribution in [-0.4, -0.2) is 112 Å². The van der Waals surface area contributed by atoms with Gasteiger partial charge in [-0.25, -0.2) is 9.97 Å². The SMILES string of the molecule is COCCOc1ccc(-c2nnc(-c3ccc(-c4nnc(-c5ccc(OCCOC)cc5)c(-c5ccc(OCCOC)cc5)n4)cc3)nc2-c2ccc(OCCOC)cc2)cc1. The van der Waals surface area contributed by atoms with Gasteiger partial charge in [0.05, 0.1) is 26.4 Å². The monoisotopic (exact) mass is 836 g/mol. The molecule has 2 heterocycles. The summed E-state index contributed by atoms with van der Waals surface area (Å²) >= 11 is 0. The molecule has 0 saturated heterocycles. The van der Waals surface area contributed by atoms with Crippen LogP contribution in [0.15, 0.2) is 121 Å². The summed E-state index contributed by atoms with van der Waals surface area (Å²) in [5.74, 6) is 3.80. The van der Waals surface area contributed by atoms with Crippen LogP contribution >= 0.6 is 0 Å². The number of hydrogen-bond donors (Lipinski definition) is 0. The molecule has 0 aliphatic heterocycles. The van der Waals surface area contributed by atoms with E-state index in [9.17, 15) is 0 Å². The van der Waals surface area contributed by atoms with Gasteiger partial charge in [0.1, 0.15) is 72.2 Å². The Kier molecular flexibility index (Phi) is 15.4. The van der Waals surface area contributed by atoms with Crippen LogP contribution in [0, 0.1) is 0 Å². The summed E-state index contributed by atoms with van der Waals surface area (Å²) in [6.45, 7) is 3.76. The fourth-order valence-corrected chi connectivity index (χ4v) is 6.26. The van der Waals surface area contributed by atoms with Gasteiger partial charge >= 0.3 is 0 Å². The summed E-state index contributed by atoms with van der Waals surface area (Å²) in [6, 6.07) is 38.6. The van der Waals surface area contributed by atoms with Crippen molar-refractivity contribution in [3.05, 3.63) is 121 Å². The highest BCUT2D eigenvalue weighted by molar-refractivity contribution is 5.81. The van der Waals surface area contributed by atoms with E-state index in [0.717, 1.165) is 56.4 Å². The summed E-state index contributed by atoms with van der Waals surface area (Å²) in [5, 5.41) is 18.6. The Bertz CT molecular complexity index is 2280. The highest BCUT2D eigenvalue weighted by Crippen LogP contribution is 2.35. The zero-order valence-electron chi connectivity index (χ0n) is 35.2. The molecule has 0 aliphatic rings. The molecule has 7 rings (SSSR count). The van der Waals surface area contributed by atoms with Crippen LogP contribution in [0.3, 0.4) is 0 Å². The zero-order chi connectivity index (χ0) is 42.9. The Morgan fingerprint density at radius 3 is 0.774 bits per heavy atom. The molecule has 0 N–H and O–H groups in total. The van der Waals surface area contributed by atoms with E-state index in [1.165, 1.54) is 0 Å².